The Labute approximate surface area is 173 Å². The quantitative estimate of drug-likeness (QED) is 0.655. The fraction of sp³-hybridized carbons (Fsp3) is 0.273. The van der Waals surface area contributed by atoms with Crippen molar-refractivity contribution in [1.29, 1.82) is 0 Å². The Hall–Kier alpha value is -2.77. The lowest BCUT2D eigenvalue weighted by molar-refractivity contribution is -0.917. The number of nitrogens with zero attached hydrogens (tertiary/aromatic N) is 2. The molecule has 5 nitrogen and oxygen atoms in total. The zero-order valence-corrected chi connectivity index (χ0v) is 17.0. The summed E-state index contributed by atoms with van der Waals surface area (Å²) in [6.07, 6.45) is 3.16. The molecule has 3 aromatic rings. The number of rotatable bonds is 5. The van der Waals surface area contributed by atoms with Crippen molar-refractivity contribution in [1.82, 2.24) is 9.88 Å². The van der Waals surface area contributed by atoms with E-state index in [1.165, 1.54) is 28.9 Å². The molecule has 1 N–H and O–H groups in total. The third-order valence-electron chi connectivity index (χ3n) is 5.12. The number of carbonyl (C=O) groups excluding carboxylic acids is 1. The summed E-state index contributed by atoms with van der Waals surface area (Å²) < 4.78 is 19.9. The smallest absolute Gasteiger partial charge is 0.246 e. The SMILES string of the molecule is COc1ccc(/C=C/C(=O)N2CC[NH+](Cc3nc4ccccc4s3)CC2)cc1F. The number of benzene rings is 2. The Bertz CT molecular complexity index is 1010. The zero-order valence-electron chi connectivity index (χ0n) is 16.2. The van der Waals surface area contributed by atoms with Gasteiger partial charge < -0.3 is 14.5 Å². The molecule has 0 bridgehead atoms. The van der Waals surface area contributed by atoms with Crippen LogP contribution in [0.2, 0.25) is 0 Å². The summed E-state index contributed by atoms with van der Waals surface area (Å²) in [5.41, 5.74) is 1.69. The lowest BCUT2D eigenvalue weighted by Crippen LogP contribution is -3.13. The highest BCUT2D eigenvalue weighted by molar-refractivity contribution is 7.18. The van der Waals surface area contributed by atoms with Crippen LogP contribution in [0.3, 0.4) is 0 Å². The van der Waals surface area contributed by atoms with Gasteiger partial charge in [0.1, 0.15) is 11.6 Å². The number of aromatic nitrogens is 1. The summed E-state index contributed by atoms with van der Waals surface area (Å²) in [4.78, 5) is 20.5. The highest BCUT2D eigenvalue weighted by atomic mass is 32.1. The number of methoxy groups -OCH3 is 1. The molecule has 0 atom stereocenters. The van der Waals surface area contributed by atoms with E-state index in [0.717, 1.165) is 30.2 Å². The van der Waals surface area contributed by atoms with Crippen molar-refractivity contribution in [2.45, 2.75) is 6.54 Å². The van der Waals surface area contributed by atoms with Crippen molar-refractivity contribution in [3.63, 3.8) is 0 Å². The molecule has 4 rings (SSSR count). The fourth-order valence-corrected chi connectivity index (χ4v) is 4.53. The monoisotopic (exact) mass is 412 g/mol. The van der Waals surface area contributed by atoms with E-state index in [1.807, 2.05) is 23.1 Å². The summed E-state index contributed by atoms with van der Waals surface area (Å²) in [5, 5.41) is 1.14. The molecule has 7 heteroatoms. The molecule has 2 heterocycles. The number of para-hydroxylation sites is 1. The molecule has 1 aliphatic heterocycles. The molecule has 1 amide bonds. The summed E-state index contributed by atoms with van der Waals surface area (Å²) in [5.74, 6) is -0.282. The number of hydrogen-bond donors (Lipinski definition) is 1. The van der Waals surface area contributed by atoms with Crippen LogP contribution in [-0.4, -0.2) is 49.1 Å². The second-order valence-electron chi connectivity index (χ2n) is 7.05. The molecule has 0 saturated carbocycles. The molecule has 1 fully saturated rings. The fourth-order valence-electron chi connectivity index (χ4n) is 3.49. The van der Waals surface area contributed by atoms with Crippen molar-refractivity contribution in [2.75, 3.05) is 33.3 Å². The maximum Gasteiger partial charge on any atom is 0.246 e. The van der Waals surface area contributed by atoms with Crippen molar-refractivity contribution in [3.8, 4) is 5.75 Å². The standard InChI is InChI=1S/C22H22FN3O2S/c1-28-19-8-6-16(14-17(19)23)7-9-22(27)26-12-10-25(11-13-26)15-21-24-18-4-2-3-5-20(18)29-21/h2-9,14H,10-13,15H2,1H3/p+1/b9-7+. The normalized spacial score (nSPS) is 15.3. The van der Waals surface area contributed by atoms with Crippen LogP contribution in [0, 0.1) is 5.82 Å². The first-order valence-electron chi connectivity index (χ1n) is 9.61. The van der Waals surface area contributed by atoms with Crippen molar-refractivity contribution < 1.29 is 18.8 Å². The Balaban J connectivity index is 1.30. The number of fused-ring (bicyclic) bond motifs is 1. The second kappa shape index (κ2) is 8.71. The molecule has 0 aliphatic carbocycles. The maximum absolute atomic E-state index is 13.8. The van der Waals surface area contributed by atoms with Gasteiger partial charge in [0, 0.05) is 6.08 Å². The van der Waals surface area contributed by atoms with Gasteiger partial charge in [-0.15, -0.1) is 11.3 Å². The van der Waals surface area contributed by atoms with Gasteiger partial charge in [0.2, 0.25) is 5.91 Å². The van der Waals surface area contributed by atoms with Gasteiger partial charge in [-0.1, -0.05) is 18.2 Å². The molecule has 150 valence electrons. The number of piperazine rings is 1. The molecule has 0 radical (unpaired) electrons. The van der Waals surface area contributed by atoms with Crippen molar-refractivity contribution in [3.05, 3.63) is 64.9 Å². The zero-order chi connectivity index (χ0) is 20.2. The molecule has 0 spiro atoms. The van der Waals surface area contributed by atoms with Gasteiger partial charge in [-0.2, -0.15) is 0 Å². The van der Waals surface area contributed by atoms with Crippen molar-refractivity contribution in [2.24, 2.45) is 0 Å². The Kier molecular flexibility index (Phi) is 5.87. The topological polar surface area (TPSA) is 46.9 Å². The first kappa shape index (κ1) is 19.5. The van der Waals surface area contributed by atoms with Gasteiger partial charge in [-0.25, -0.2) is 9.37 Å². The van der Waals surface area contributed by atoms with Gasteiger partial charge in [0.25, 0.3) is 0 Å². The molecular formula is C22H23FN3O2S+. The average molecular weight is 413 g/mol. The molecule has 2 aromatic carbocycles. The predicted molar refractivity (Wildman–Crippen MR) is 113 cm³/mol. The van der Waals surface area contributed by atoms with Crippen LogP contribution >= 0.6 is 11.3 Å². The van der Waals surface area contributed by atoms with Crippen LogP contribution in [-0.2, 0) is 11.3 Å². The molecule has 1 saturated heterocycles. The lowest BCUT2D eigenvalue weighted by Gasteiger charge is -2.31. The number of halogens is 1. The Morgan fingerprint density at radius 3 is 2.79 bits per heavy atom. The van der Waals surface area contributed by atoms with Gasteiger partial charge >= 0.3 is 0 Å². The highest BCUT2D eigenvalue weighted by Gasteiger charge is 2.23. The molecule has 1 aliphatic rings. The number of quaternary nitrogens is 1. The van der Waals surface area contributed by atoms with E-state index < -0.39 is 5.82 Å². The largest absolute Gasteiger partial charge is 0.494 e. The number of thiazole rings is 1. The number of carbonyl (C=O) groups is 1. The Morgan fingerprint density at radius 2 is 2.07 bits per heavy atom. The van der Waals surface area contributed by atoms with E-state index >= 15 is 0 Å². The van der Waals surface area contributed by atoms with Gasteiger partial charge in [0.05, 0.1) is 43.5 Å². The summed E-state index contributed by atoms with van der Waals surface area (Å²) in [6.45, 7) is 4.10. The average Bonchev–Trinajstić information content (AvgIpc) is 3.15. The third kappa shape index (κ3) is 4.63. The molecule has 1 aromatic heterocycles. The van der Waals surface area contributed by atoms with Crippen LogP contribution < -0.4 is 9.64 Å². The highest BCUT2D eigenvalue weighted by Crippen LogP contribution is 2.21. The second-order valence-corrected chi connectivity index (χ2v) is 8.17. The lowest BCUT2D eigenvalue weighted by atomic mass is 10.2. The summed E-state index contributed by atoms with van der Waals surface area (Å²) in [7, 11) is 1.43. The van der Waals surface area contributed by atoms with E-state index in [-0.39, 0.29) is 11.7 Å². The van der Waals surface area contributed by atoms with Crippen LogP contribution in [0.1, 0.15) is 10.6 Å². The van der Waals surface area contributed by atoms with Crippen molar-refractivity contribution >= 4 is 33.5 Å². The number of amides is 1. The van der Waals surface area contributed by atoms with Gasteiger partial charge in [-0.3, -0.25) is 4.79 Å². The molecule has 0 unspecified atom stereocenters. The van der Waals surface area contributed by atoms with E-state index in [1.54, 1.807) is 29.5 Å². The van der Waals surface area contributed by atoms with Crippen LogP contribution in [0.25, 0.3) is 16.3 Å². The van der Waals surface area contributed by atoms with Gasteiger partial charge in [0.15, 0.2) is 11.6 Å². The first-order valence-corrected chi connectivity index (χ1v) is 10.4. The van der Waals surface area contributed by atoms with E-state index in [4.69, 9.17) is 9.72 Å². The number of hydrogen-bond acceptors (Lipinski definition) is 4. The first-order chi connectivity index (χ1) is 14.1. The molecule has 29 heavy (non-hydrogen) atoms. The maximum atomic E-state index is 13.8. The van der Waals surface area contributed by atoms with Crippen LogP contribution in [0.15, 0.2) is 48.5 Å². The minimum atomic E-state index is -0.436. The van der Waals surface area contributed by atoms with E-state index in [0.29, 0.717) is 18.7 Å². The Morgan fingerprint density at radius 1 is 1.28 bits per heavy atom. The van der Waals surface area contributed by atoms with E-state index in [9.17, 15) is 9.18 Å². The summed E-state index contributed by atoms with van der Waals surface area (Å²) >= 11 is 1.74. The van der Waals surface area contributed by atoms with Crippen LogP contribution in [0.4, 0.5) is 4.39 Å². The molecular weight excluding hydrogens is 389 g/mol. The van der Waals surface area contributed by atoms with E-state index in [2.05, 4.69) is 6.07 Å². The van der Waals surface area contributed by atoms with Gasteiger partial charge in [-0.05, 0) is 35.9 Å². The minimum Gasteiger partial charge on any atom is -0.494 e. The number of nitrogens with one attached hydrogen (secondary N) is 1. The van der Waals surface area contributed by atoms with Crippen LogP contribution in [0.5, 0.6) is 5.75 Å². The minimum absolute atomic E-state index is 0.0414. The summed E-state index contributed by atoms with van der Waals surface area (Å²) in [6, 6.07) is 12.8. The number of ether oxygens (including phenoxy) is 1. The third-order valence-corrected chi connectivity index (χ3v) is 6.15. The predicted octanol–water partition coefficient (Wildman–Crippen LogP) is 2.38.